The maximum atomic E-state index is 12.6. The molecular weight excluding hydrogens is 388 g/mol. The van der Waals surface area contributed by atoms with E-state index < -0.39 is 18.5 Å². The first-order valence-corrected chi connectivity index (χ1v) is 9.84. The lowest BCUT2D eigenvalue weighted by atomic mass is 10.1. The van der Waals surface area contributed by atoms with E-state index in [2.05, 4.69) is 10.6 Å². The first-order chi connectivity index (χ1) is 14.0. The summed E-state index contributed by atoms with van der Waals surface area (Å²) in [5.74, 6) is -1.34. The molecular formula is C22H20N2O4S. The van der Waals surface area contributed by atoms with Gasteiger partial charge in [-0.05, 0) is 48.2 Å². The van der Waals surface area contributed by atoms with E-state index in [-0.39, 0.29) is 12.3 Å². The van der Waals surface area contributed by atoms with Crippen LogP contribution in [0.3, 0.4) is 0 Å². The fourth-order valence-electron chi connectivity index (χ4n) is 2.65. The van der Waals surface area contributed by atoms with Gasteiger partial charge in [-0.3, -0.25) is 14.4 Å². The number of hydrogen-bond donors (Lipinski definition) is 2. The van der Waals surface area contributed by atoms with E-state index in [1.807, 2.05) is 42.6 Å². The van der Waals surface area contributed by atoms with Crippen molar-refractivity contribution >= 4 is 40.5 Å². The van der Waals surface area contributed by atoms with Gasteiger partial charge in [-0.2, -0.15) is 0 Å². The van der Waals surface area contributed by atoms with Gasteiger partial charge in [-0.25, -0.2) is 0 Å². The van der Waals surface area contributed by atoms with Crippen molar-refractivity contribution in [3.05, 3.63) is 82.0 Å². The molecule has 0 aliphatic rings. The van der Waals surface area contributed by atoms with Crippen molar-refractivity contribution in [3.8, 4) is 0 Å². The lowest BCUT2D eigenvalue weighted by Gasteiger charge is -2.12. The van der Waals surface area contributed by atoms with Crippen LogP contribution in [0.1, 0.15) is 20.8 Å². The zero-order valence-corrected chi connectivity index (χ0v) is 16.6. The van der Waals surface area contributed by atoms with Gasteiger partial charge in [-0.1, -0.05) is 30.3 Å². The van der Waals surface area contributed by atoms with Crippen LogP contribution in [0.25, 0.3) is 0 Å². The number of thiophene rings is 1. The Balaban J connectivity index is 1.58. The average molecular weight is 408 g/mol. The number of ether oxygens (including phenoxy) is 1. The van der Waals surface area contributed by atoms with E-state index in [1.54, 1.807) is 30.3 Å². The Kier molecular flexibility index (Phi) is 6.76. The number of anilines is 2. The number of amides is 2. The largest absolute Gasteiger partial charge is 0.455 e. The highest BCUT2D eigenvalue weighted by atomic mass is 32.1. The van der Waals surface area contributed by atoms with Crippen molar-refractivity contribution in [1.82, 2.24) is 0 Å². The Morgan fingerprint density at radius 1 is 0.966 bits per heavy atom. The fourth-order valence-corrected chi connectivity index (χ4v) is 3.34. The highest BCUT2D eigenvalue weighted by Crippen LogP contribution is 2.18. The van der Waals surface area contributed by atoms with Crippen molar-refractivity contribution in [3.63, 3.8) is 0 Å². The predicted octanol–water partition coefficient (Wildman–Crippen LogP) is 4.03. The molecule has 0 aliphatic carbocycles. The fraction of sp³-hybridized carbons (Fsp3) is 0.136. The third kappa shape index (κ3) is 6.02. The van der Waals surface area contributed by atoms with Crippen LogP contribution in [-0.2, 0) is 20.7 Å². The number of carbonyl (C=O) groups excluding carboxylic acids is 3. The van der Waals surface area contributed by atoms with E-state index in [9.17, 15) is 14.4 Å². The second kappa shape index (κ2) is 9.66. The van der Waals surface area contributed by atoms with Crippen molar-refractivity contribution in [1.29, 1.82) is 0 Å². The summed E-state index contributed by atoms with van der Waals surface area (Å²) in [7, 11) is 0. The van der Waals surface area contributed by atoms with Gasteiger partial charge in [0.1, 0.15) is 0 Å². The van der Waals surface area contributed by atoms with E-state index in [1.165, 1.54) is 11.3 Å². The molecule has 0 bridgehead atoms. The third-order valence-corrected chi connectivity index (χ3v) is 4.86. The normalized spacial score (nSPS) is 10.2. The summed E-state index contributed by atoms with van der Waals surface area (Å²) in [6.45, 7) is 1.52. The predicted molar refractivity (Wildman–Crippen MR) is 113 cm³/mol. The van der Waals surface area contributed by atoms with Crippen LogP contribution in [0.5, 0.6) is 0 Å². The lowest BCUT2D eigenvalue weighted by molar-refractivity contribution is -0.146. The Labute approximate surface area is 172 Å². The number of carbonyl (C=O) groups is 3. The van der Waals surface area contributed by atoms with Crippen molar-refractivity contribution in [2.75, 3.05) is 17.2 Å². The molecule has 2 aromatic carbocycles. The maximum Gasteiger partial charge on any atom is 0.311 e. The highest BCUT2D eigenvalue weighted by Gasteiger charge is 2.15. The molecule has 2 N–H and O–H groups in total. The number of benzene rings is 2. The summed E-state index contributed by atoms with van der Waals surface area (Å²) >= 11 is 1.45. The number of esters is 1. The van der Waals surface area contributed by atoms with Gasteiger partial charge in [0.2, 0.25) is 0 Å². The molecule has 0 saturated carbocycles. The van der Waals surface area contributed by atoms with Gasteiger partial charge in [-0.15, -0.1) is 11.3 Å². The van der Waals surface area contributed by atoms with E-state index >= 15 is 0 Å². The van der Waals surface area contributed by atoms with Gasteiger partial charge in [0.25, 0.3) is 11.8 Å². The second-order valence-electron chi connectivity index (χ2n) is 6.33. The first kappa shape index (κ1) is 20.3. The number of hydrogen-bond acceptors (Lipinski definition) is 5. The summed E-state index contributed by atoms with van der Waals surface area (Å²) in [5.41, 5.74) is 2.34. The molecule has 2 amide bonds. The summed E-state index contributed by atoms with van der Waals surface area (Å²) in [4.78, 5) is 37.5. The van der Waals surface area contributed by atoms with Crippen LogP contribution < -0.4 is 10.6 Å². The minimum Gasteiger partial charge on any atom is -0.455 e. The molecule has 0 radical (unpaired) electrons. The van der Waals surface area contributed by atoms with Gasteiger partial charge in [0.15, 0.2) is 6.61 Å². The number of nitrogens with one attached hydrogen (secondary N) is 2. The Morgan fingerprint density at radius 2 is 1.79 bits per heavy atom. The Bertz CT molecular complexity index is 1020. The molecule has 7 heteroatoms. The molecule has 6 nitrogen and oxygen atoms in total. The molecule has 1 aromatic heterocycles. The van der Waals surface area contributed by atoms with Crippen LogP contribution in [0.2, 0.25) is 0 Å². The van der Waals surface area contributed by atoms with Crippen LogP contribution in [0.15, 0.2) is 66.0 Å². The molecule has 0 atom stereocenters. The minimum atomic E-state index is -0.514. The SMILES string of the molecule is Cc1cccc(NC(=O)c2ccccc2NC(=O)COC(=O)Cc2cccs2)c1. The molecule has 3 rings (SSSR count). The van der Waals surface area contributed by atoms with Crippen molar-refractivity contribution in [2.24, 2.45) is 0 Å². The molecule has 0 fully saturated rings. The number of rotatable bonds is 7. The summed E-state index contributed by atoms with van der Waals surface area (Å²) in [6.07, 6.45) is 0.125. The van der Waals surface area contributed by atoms with E-state index in [4.69, 9.17) is 4.74 Å². The zero-order valence-electron chi connectivity index (χ0n) is 15.8. The van der Waals surface area contributed by atoms with Gasteiger partial charge < -0.3 is 15.4 Å². The molecule has 29 heavy (non-hydrogen) atoms. The third-order valence-electron chi connectivity index (χ3n) is 3.98. The van der Waals surface area contributed by atoms with Crippen LogP contribution >= 0.6 is 11.3 Å². The smallest absolute Gasteiger partial charge is 0.311 e. The molecule has 0 saturated heterocycles. The Morgan fingerprint density at radius 3 is 2.55 bits per heavy atom. The standard InChI is InChI=1S/C22H20N2O4S/c1-15-6-4-7-16(12-15)23-22(27)18-9-2-3-10-19(18)24-20(25)14-28-21(26)13-17-8-5-11-29-17/h2-12H,13-14H2,1H3,(H,23,27)(H,24,25). The zero-order chi connectivity index (χ0) is 20.6. The van der Waals surface area contributed by atoms with Crippen LogP contribution in [0, 0.1) is 6.92 Å². The first-order valence-electron chi connectivity index (χ1n) is 8.96. The molecule has 148 valence electrons. The van der Waals surface area contributed by atoms with Gasteiger partial charge >= 0.3 is 5.97 Å². The maximum absolute atomic E-state index is 12.6. The summed E-state index contributed by atoms with van der Waals surface area (Å²) in [5, 5.41) is 7.31. The number of para-hydroxylation sites is 1. The minimum absolute atomic E-state index is 0.125. The second-order valence-corrected chi connectivity index (χ2v) is 7.37. The van der Waals surface area contributed by atoms with Crippen LogP contribution in [0.4, 0.5) is 11.4 Å². The van der Waals surface area contributed by atoms with Crippen LogP contribution in [-0.4, -0.2) is 24.4 Å². The molecule has 0 unspecified atom stereocenters. The average Bonchev–Trinajstić information content (AvgIpc) is 3.20. The molecule has 3 aromatic rings. The topological polar surface area (TPSA) is 84.5 Å². The summed E-state index contributed by atoms with van der Waals surface area (Å²) in [6, 6.07) is 17.8. The van der Waals surface area contributed by atoms with Gasteiger partial charge in [0, 0.05) is 10.6 Å². The van der Waals surface area contributed by atoms with Crippen molar-refractivity contribution in [2.45, 2.75) is 13.3 Å². The quantitative estimate of drug-likeness (QED) is 0.578. The highest BCUT2D eigenvalue weighted by molar-refractivity contribution is 7.10. The van der Waals surface area contributed by atoms with Gasteiger partial charge in [0.05, 0.1) is 17.7 Å². The van der Waals surface area contributed by atoms with Crippen molar-refractivity contribution < 1.29 is 19.1 Å². The lowest BCUT2D eigenvalue weighted by Crippen LogP contribution is -2.23. The molecule has 1 heterocycles. The monoisotopic (exact) mass is 408 g/mol. The Hall–Kier alpha value is -3.45. The molecule has 0 aliphatic heterocycles. The molecule has 0 spiro atoms. The summed E-state index contributed by atoms with van der Waals surface area (Å²) < 4.78 is 5.01. The number of aryl methyl sites for hydroxylation is 1. The van der Waals surface area contributed by atoms with E-state index in [0.29, 0.717) is 16.9 Å². The van der Waals surface area contributed by atoms with E-state index in [0.717, 1.165) is 10.4 Å².